The molecule has 0 aliphatic rings. The van der Waals surface area contributed by atoms with E-state index in [-0.39, 0.29) is 11.5 Å². The molecule has 0 aliphatic heterocycles. The molecule has 2 aromatic heterocycles. The predicted octanol–water partition coefficient (Wildman–Crippen LogP) is 5.38. The smallest absolute Gasteiger partial charge is 0.145 e. The lowest BCUT2D eigenvalue weighted by Crippen LogP contribution is -2.05. The second-order valence-corrected chi connectivity index (χ2v) is 7.36. The minimum atomic E-state index is -0.427. The monoisotopic (exact) mass is 408 g/mol. The molecule has 0 unspecified atom stereocenters. The molecule has 5 aromatic rings. The first-order valence-electron chi connectivity index (χ1n) is 9.94. The van der Waals surface area contributed by atoms with Gasteiger partial charge in [-0.3, -0.25) is 9.97 Å². The lowest BCUT2D eigenvalue weighted by molar-refractivity contribution is 0.414. The molecule has 5 rings (SSSR count). The van der Waals surface area contributed by atoms with Gasteiger partial charge in [-0.25, -0.2) is 0 Å². The standard InChI is InChI=1S/C26H20N2O3/c1-31-19-10-6-16(7-11-19)22(20-12-8-17-4-2-14-27-23(17)25(20)29)21-13-9-18-5-3-15-28-24(18)26(21)30/h2-15,22,29-30H,1H3. The van der Waals surface area contributed by atoms with Gasteiger partial charge in [0.2, 0.25) is 0 Å². The summed E-state index contributed by atoms with van der Waals surface area (Å²) in [6, 6.07) is 22.7. The van der Waals surface area contributed by atoms with E-state index in [0.29, 0.717) is 22.2 Å². The second kappa shape index (κ2) is 7.61. The Balaban J connectivity index is 1.78. The summed E-state index contributed by atoms with van der Waals surface area (Å²) in [6.45, 7) is 0. The van der Waals surface area contributed by atoms with E-state index in [1.54, 1.807) is 19.5 Å². The summed E-state index contributed by atoms with van der Waals surface area (Å²) < 4.78 is 5.30. The van der Waals surface area contributed by atoms with Gasteiger partial charge in [-0.05, 0) is 29.8 Å². The van der Waals surface area contributed by atoms with Crippen molar-refractivity contribution in [3.63, 3.8) is 0 Å². The van der Waals surface area contributed by atoms with Crippen molar-refractivity contribution in [2.75, 3.05) is 7.11 Å². The van der Waals surface area contributed by atoms with Crippen LogP contribution in [0.2, 0.25) is 0 Å². The summed E-state index contributed by atoms with van der Waals surface area (Å²) >= 11 is 0. The number of aromatic hydroxyl groups is 2. The number of hydrogen-bond acceptors (Lipinski definition) is 5. The summed E-state index contributed by atoms with van der Waals surface area (Å²) in [5, 5.41) is 24.0. The Morgan fingerprint density at radius 3 is 1.68 bits per heavy atom. The fourth-order valence-corrected chi connectivity index (χ4v) is 4.08. The van der Waals surface area contributed by atoms with Crippen LogP contribution in [0.5, 0.6) is 17.2 Å². The van der Waals surface area contributed by atoms with Crippen LogP contribution in [0.15, 0.2) is 85.2 Å². The van der Waals surface area contributed by atoms with Crippen molar-refractivity contribution in [3.8, 4) is 17.2 Å². The molecule has 0 saturated carbocycles. The molecule has 2 N–H and O–H groups in total. The summed E-state index contributed by atoms with van der Waals surface area (Å²) in [5.74, 6) is 0.499. The lowest BCUT2D eigenvalue weighted by Gasteiger charge is -2.22. The first-order chi connectivity index (χ1) is 15.2. The van der Waals surface area contributed by atoms with E-state index in [4.69, 9.17) is 4.74 Å². The lowest BCUT2D eigenvalue weighted by atomic mass is 9.83. The Bertz CT molecular complexity index is 1310. The highest BCUT2D eigenvalue weighted by Gasteiger charge is 2.25. The summed E-state index contributed by atoms with van der Waals surface area (Å²) in [5.41, 5.74) is 3.26. The van der Waals surface area contributed by atoms with Crippen molar-refractivity contribution in [2.24, 2.45) is 0 Å². The zero-order valence-electron chi connectivity index (χ0n) is 16.9. The number of nitrogens with zero attached hydrogens (tertiary/aromatic N) is 2. The summed E-state index contributed by atoms with van der Waals surface area (Å²) in [4.78, 5) is 8.73. The van der Waals surface area contributed by atoms with Crippen molar-refractivity contribution in [2.45, 2.75) is 5.92 Å². The maximum Gasteiger partial charge on any atom is 0.145 e. The minimum absolute atomic E-state index is 0.0967. The maximum absolute atomic E-state index is 11.2. The highest BCUT2D eigenvalue weighted by Crippen LogP contribution is 2.44. The molecule has 152 valence electrons. The third kappa shape index (κ3) is 3.20. The van der Waals surface area contributed by atoms with E-state index in [0.717, 1.165) is 22.1 Å². The molecule has 0 aliphatic carbocycles. The molecule has 0 spiro atoms. The number of aromatic nitrogens is 2. The van der Waals surface area contributed by atoms with Crippen LogP contribution < -0.4 is 4.74 Å². The van der Waals surface area contributed by atoms with Crippen LogP contribution >= 0.6 is 0 Å². The fraction of sp³-hybridized carbons (Fsp3) is 0.0769. The van der Waals surface area contributed by atoms with Crippen LogP contribution in [0.25, 0.3) is 21.8 Å². The van der Waals surface area contributed by atoms with Gasteiger partial charge < -0.3 is 14.9 Å². The Morgan fingerprint density at radius 2 is 1.19 bits per heavy atom. The number of phenols is 2. The van der Waals surface area contributed by atoms with Gasteiger partial charge in [-0.2, -0.15) is 0 Å². The van der Waals surface area contributed by atoms with Gasteiger partial charge in [0.15, 0.2) is 0 Å². The van der Waals surface area contributed by atoms with Gasteiger partial charge in [-0.1, -0.05) is 48.5 Å². The zero-order chi connectivity index (χ0) is 21.4. The van der Waals surface area contributed by atoms with E-state index in [2.05, 4.69) is 9.97 Å². The van der Waals surface area contributed by atoms with Crippen LogP contribution in [-0.4, -0.2) is 27.3 Å². The Kier molecular flexibility index (Phi) is 4.64. The number of ether oxygens (including phenoxy) is 1. The van der Waals surface area contributed by atoms with Gasteiger partial charge in [0.1, 0.15) is 28.3 Å². The first-order valence-corrected chi connectivity index (χ1v) is 9.94. The van der Waals surface area contributed by atoms with E-state index in [1.807, 2.05) is 72.8 Å². The van der Waals surface area contributed by atoms with E-state index < -0.39 is 5.92 Å². The van der Waals surface area contributed by atoms with E-state index >= 15 is 0 Å². The normalized spacial score (nSPS) is 11.3. The third-order valence-corrected chi connectivity index (χ3v) is 5.63. The fourth-order valence-electron chi connectivity index (χ4n) is 4.08. The average molecular weight is 408 g/mol. The number of phenolic OH excluding ortho intramolecular Hbond substituents is 2. The summed E-state index contributed by atoms with van der Waals surface area (Å²) in [6.07, 6.45) is 3.32. The topological polar surface area (TPSA) is 75.5 Å². The molecule has 3 aromatic carbocycles. The van der Waals surface area contributed by atoms with Crippen LogP contribution in [0.3, 0.4) is 0 Å². The van der Waals surface area contributed by atoms with Crippen molar-refractivity contribution < 1.29 is 14.9 Å². The first kappa shape index (κ1) is 18.9. The Hall–Kier alpha value is -4.12. The second-order valence-electron chi connectivity index (χ2n) is 7.36. The van der Waals surface area contributed by atoms with E-state index in [1.165, 1.54) is 0 Å². The Morgan fingerprint density at radius 1 is 0.677 bits per heavy atom. The SMILES string of the molecule is COc1ccc(C(c2ccc3cccnc3c2O)c2ccc3cccnc3c2O)cc1. The van der Waals surface area contributed by atoms with Crippen LogP contribution in [-0.2, 0) is 0 Å². The van der Waals surface area contributed by atoms with Crippen molar-refractivity contribution in [3.05, 3.63) is 102 Å². The molecular formula is C26H20N2O3. The van der Waals surface area contributed by atoms with E-state index in [9.17, 15) is 10.2 Å². The van der Waals surface area contributed by atoms with Crippen molar-refractivity contribution >= 4 is 21.8 Å². The molecule has 0 amide bonds. The van der Waals surface area contributed by atoms with Gasteiger partial charge in [-0.15, -0.1) is 0 Å². The molecule has 0 fully saturated rings. The van der Waals surface area contributed by atoms with Crippen LogP contribution in [0, 0.1) is 0 Å². The van der Waals surface area contributed by atoms with Crippen molar-refractivity contribution in [1.82, 2.24) is 9.97 Å². The molecule has 0 bridgehead atoms. The highest BCUT2D eigenvalue weighted by molar-refractivity contribution is 5.88. The number of hydrogen-bond donors (Lipinski definition) is 2. The molecular weight excluding hydrogens is 388 g/mol. The number of fused-ring (bicyclic) bond motifs is 2. The molecule has 5 heteroatoms. The average Bonchev–Trinajstić information content (AvgIpc) is 2.83. The quantitative estimate of drug-likeness (QED) is 0.390. The molecule has 0 saturated heterocycles. The number of benzene rings is 3. The van der Waals surface area contributed by atoms with Crippen LogP contribution in [0.4, 0.5) is 0 Å². The number of methoxy groups -OCH3 is 1. The molecule has 31 heavy (non-hydrogen) atoms. The number of pyridine rings is 2. The predicted molar refractivity (Wildman–Crippen MR) is 121 cm³/mol. The molecule has 0 atom stereocenters. The van der Waals surface area contributed by atoms with Gasteiger partial charge in [0, 0.05) is 40.2 Å². The molecule has 0 radical (unpaired) electrons. The largest absolute Gasteiger partial charge is 0.505 e. The Labute approximate surface area is 179 Å². The maximum atomic E-state index is 11.2. The third-order valence-electron chi connectivity index (χ3n) is 5.63. The number of rotatable bonds is 4. The van der Waals surface area contributed by atoms with Gasteiger partial charge in [0.05, 0.1) is 7.11 Å². The minimum Gasteiger partial charge on any atom is -0.505 e. The van der Waals surface area contributed by atoms with Gasteiger partial charge >= 0.3 is 0 Å². The van der Waals surface area contributed by atoms with Crippen LogP contribution in [0.1, 0.15) is 22.6 Å². The van der Waals surface area contributed by atoms with Gasteiger partial charge in [0.25, 0.3) is 0 Å². The highest BCUT2D eigenvalue weighted by atomic mass is 16.5. The zero-order valence-corrected chi connectivity index (χ0v) is 16.9. The van der Waals surface area contributed by atoms with Crippen molar-refractivity contribution in [1.29, 1.82) is 0 Å². The molecule has 2 heterocycles. The summed E-state index contributed by atoms with van der Waals surface area (Å²) in [7, 11) is 1.62. The molecule has 5 nitrogen and oxygen atoms in total.